The maximum Gasteiger partial charge on any atom is 0.255 e. The molecule has 134 valence electrons. The van der Waals surface area contributed by atoms with E-state index in [1.807, 2.05) is 25.1 Å². The lowest BCUT2D eigenvalue weighted by atomic mass is 9.99. The highest BCUT2D eigenvalue weighted by Crippen LogP contribution is 2.37. The van der Waals surface area contributed by atoms with E-state index in [2.05, 4.69) is 27.2 Å². The van der Waals surface area contributed by atoms with Gasteiger partial charge < -0.3 is 14.0 Å². The second-order valence-corrected chi connectivity index (χ2v) is 6.85. The molecule has 0 saturated carbocycles. The SMILES string of the molecule is Cc1noc([C@@H]2CC[C@@H]3[C@@H](CCN3CCOCc3ccccc3)O2)n1. The van der Waals surface area contributed by atoms with Gasteiger partial charge in [-0.15, -0.1) is 0 Å². The molecule has 0 unspecified atom stereocenters. The lowest BCUT2D eigenvalue weighted by Gasteiger charge is -2.34. The van der Waals surface area contributed by atoms with E-state index < -0.39 is 0 Å². The Morgan fingerprint density at radius 2 is 2.08 bits per heavy atom. The lowest BCUT2D eigenvalue weighted by molar-refractivity contribution is -0.0840. The summed E-state index contributed by atoms with van der Waals surface area (Å²) in [6.45, 7) is 5.30. The van der Waals surface area contributed by atoms with E-state index in [9.17, 15) is 0 Å². The number of fused-ring (bicyclic) bond motifs is 1. The van der Waals surface area contributed by atoms with Crippen LogP contribution in [0.2, 0.25) is 0 Å². The van der Waals surface area contributed by atoms with Gasteiger partial charge >= 0.3 is 0 Å². The van der Waals surface area contributed by atoms with Gasteiger partial charge in [-0.1, -0.05) is 35.5 Å². The van der Waals surface area contributed by atoms with E-state index in [-0.39, 0.29) is 12.2 Å². The van der Waals surface area contributed by atoms with Crippen molar-refractivity contribution >= 4 is 0 Å². The molecule has 4 rings (SSSR count). The Balaban J connectivity index is 1.23. The summed E-state index contributed by atoms with van der Waals surface area (Å²) < 4.78 is 17.4. The van der Waals surface area contributed by atoms with Crippen LogP contribution < -0.4 is 0 Å². The third kappa shape index (κ3) is 3.92. The maximum absolute atomic E-state index is 6.24. The molecule has 2 aromatic rings. The minimum Gasteiger partial charge on any atom is -0.375 e. The Hall–Kier alpha value is -1.76. The van der Waals surface area contributed by atoms with E-state index in [4.69, 9.17) is 14.0 Å². The fourth-order valence-corrected chi connectivity index (χ4v) is 3.86. The number of nitrogens with zero attached hydrogens (tertiary/aromatic N) is 3. The number of hydrogen-bond acceptors (Lipinski definition) is 6. The van der Waals surface area contributed by atoms with Gasteiger partial charge in [0.2, 0.25) is 0 Å². The van der Waals surface area contributed by atoms with Crippen LogP contribution in [0.5, 0.6) is 0 Å². The molecular weight excluding hydrogens is 318 g/mol. The van der Waals surface area contributed by atoms with Gasteiger partial charge in [0, 0.05) is 19.1 Å². The fourth-order valence-electron chi connectivity index (χ4n) is 3.86. The number of aromatic nitrogens is 2. The Bertz CT molecular complexity index is 676. The Labute approximate surface area is 148 Å². The van der Waals surface area contributed by atoms with Crippen LogP contribution in [-0.4, -0.2) is 46.9 Å². The van der Waals surface area contributed by atoms with E-state index in [0.717, 1.165) is 39.0 Å². The average molecular weight is 343 g/mol. The average Bonchev–Trinajstić information content (AvgIpc) is 3.25. The van der Waals surface area contributed by atoms with Crippen LogP contribution in [0, 0.1) is 6.92 Å². The number of benzene rings is 1. The van der Waals surface area contributed by atoms with Crippen LogP contribution >= 0.6 is 0 Å². The molecule has 0 amide bonds. The molecule has 1 aromatic heterocycles. The molecule has 3 atom stereocenters. The second kappa shape index (κ2) is 7.64. The van der Waals surface area contributed by atoms with E-state index in [0.29, 0.717) is 24.4 Å². The molecule has 25 heavy (non-hydrogen) atoms. The summed E-state index contributed by atoms with van der Waals surface area (Å²) in [6, 6.07) is 10.8. The first-order chi connectivity index (χ1) is 12.3. The Morgan fingerprint density at radius 3 is 2.88 bits per heavy atom. The zero-order valence-corrected chi connectivity index (χ0v) is 14.6. The standard InChI is InChI=1S/C19H25N3O3/c1-14-20-19(25-21-14)18-8-7-16-17(24-18)9-10-22(16)11-12-23-13-15-5-3-2-4-6-15/h2-6,16-18H,7-13H2,1H3/t16-,17-,18+/m1/s1. The van der Waals surface area contributed by atoms with Crippen molar-refractivity contribution in [1.29, 1.82) is 0 Å². The van der Waals surface area contributed by atoms with Crippen molar-refractivity contribution in [3.8, 4) is 0 Å². The number of rotatable bonds is 6. The molecule has 2 fully saturated rings. The van der Waals surface area contributed by atoms with Crippen molar-refractivity contribution in [2.24, 2.45) is 0 Å². The van der Waals surface area contributed by atoms with E-state index in [1.165, 1.54) is 5.56 Å². The minimum atomic E-state index is -0.0447. The minimum absolute atomic E-state index is 0.0447. The van der Waals surface area contributed by atoms with Crippen molar-refractivity contribution < 1.29 is 14.0 Å². The summed E-state index contributed by atoms with van der Waals surface area (Å²) in [4.78, 5) is 6.83. The first kappa shape index (κ1) is 16.7. The summed E-state index contributed by atoms with van der Waals surface area (Å²) in [5.74, 6) is 1.30. The van der Waals surface area contributed by atoms with Crippen LogP contribution in [0.1, 0.15) is 42.6 Å². The summed E-state index contributed by atoms with van der Waals surface area (Å²) in [5.41, 5.74) is 1.22. The Morgan fingerprint density at radius 1 is 1.20 bits per heavy atom. The van der Waals surface area contributed by atoms with Crippen LogP contribution in [-0.2, 0) is 16.1 Å². The van der Waals surface area contributed by atoms with Gasteiger partial charge in [0.15, 0.2) is 5.82 Å². The summed E-state index contributed by atoms with van der Waals surface area (Å²) in [7, 11) is 0. The Kier molecular flexibility index (Phi) is 5.10. The van der Waals surface area contributed by atoms with Gasteiger partial charge in [0.1, 0.15) is 6.10 Å². The predicted molar refractivity (Wildman–Crippen MR) is 92.0 cm³/mol. The number of ether oxygens (including phenoxy) is 2. The quantitative estimate of drug-likeness (QED) is 0.752. The van der Waals surface area contributed by atoms with Gasteiger partial charge in [-0.25, -0.2) is 0 Å². The number of hydrogen-bond donors (Lipinski definition) is 0. The molecule has 6 nitrogen and oxygen atoms in total. The van der Waals surface area contributed by atoms with E-state index >= 15 is 0 Å². The fraction of sp³-hybridized carbons (Fsp3) is 0.579. The van der Waals surface area contributed by atoms with Crippen LogP contribution in [0.4, 0.5) is 0 Å². The topological polar surface area (TPSA) is 60.6 Å². The van der Waals surface area contributed by atoms with Gasteiger partial charge in [-0.05, 0) is 31.7 Å². The van der Waals surface area contributed by atoms with Crippen molar-refractivity contribution in [2.75, 3.05) is 19.7 Å². The predicted octanol–water partition coefficient (Wildman–Crippen LogP) is 2.89. The highest BCUT2D eigenvalue weighted by molar-refractivity contribution is 5.13. The molecule has 2 aliphatic rings. The normalized spacial score (nSPS) is 26.7. The third-order valence-corrected chi connectivity index (χ3v) is 5.12. The van der Waals surface area contributed by atoms with Gasteiger partial charge in [0.25, 0.3) is 5.89 Å². The molecule has 6 heteroatoms. The molecule has 0 spiro atoms. The van der Waals surface area contributed by atoms with E-state index in [1.54, 1.807) is 0 Å². The molecule has 0 N–H and O–H groups in total. The van der Waals surface area contributed by atoms with Crippen molar-refractivity contribution in [1.82, 2.24) is 15.0 Å². The molecule has 2 saturated heterocycles. The van der Waals surface area contributed by atoms with Crippen LogP contribution in [0.3, 0.4) is 0 Å². The maximum atomic E-state index is 6.24. The molecular formula is C19H25N3O3. The molecule has 3 heterocycles. The molecule has 0 aliphatic carbocycles. The zero-order valence-electron chi connectivity index (χ0n) is 14.6. The lowest BCUT2D eigenvalue weighted by Crippen LogP contribution is -2.41. The van der Waals surface area contributed by atoms with Gasteiger partial charge in [-0.2, -0.15) is 4.98 Å². The van der Waals surface area contributed by atoms with Crippen molar-refractivity contribution in [3.63, 3.8) is 0 Å². The van der Waals surface area contributed by atoms with Crippen molar-refractivity contribution in [3.05, 3.63) is 47.6 Å². The molecule has 0 radical (unpaired) electrons. The molecule has 0 bridgehead atoms. The summed E-state index contributed by atoms with van der Waals surface area (Å²) in [5, 5.41) is 3.87. The summed E-state index contributed by atoms with van der Waals surface area (Å²) in [6.07, 6.45) is 3.32. The number of aryl methyl sites for hydroxylation is 1. The zero-order chi connectivity index (χ0) is 17.1. The largest absolute Gasteiger partial charge is 0.375 e. The van der Waals surface area contributed by atoms with Crippen molar-refractivity contribution in [2.45, 2.75) is 51.0 Å². The monoisotopic (exact) mass is 343 g/mol. The highest BCUT2D eigenvalue weighted by Gasteiger charge is 2.41. The molecule has 2 aliphatic heterocycles. The number of likely N-dealkylation sites (tertiary alicyclic amines) is 1. The smallest absolute Gasteiger partial charge is 0.255 e. The second-order valence-electron chi connectivity index (χ2n) is 6.85. The van der Waals surface area contributed by atoms with Crippen LogP contribution in [0.25, 0.3) is 0 Å². The van der Waals surface area contributed by atoms with Crippen LogP contribution in [0.15, 0.2) is 34.9 Å². The van der Waals surface area contributed by atoms with Gasteiger partial charge in [0.05, 0.1) is 19.3 Å². The third-order valence-electron chi connectivity index (χ3n) is 5.12. The molecule has 1 aromatic carbocycles. The first-order valence-corrected chi connectivity index (χ1v) is 9.11. The highest BCUT2D eigenvalue weighted by atomic mass is 16.5. The first-order valence-electron chi connectivity index (χ1n) is 9.11. The van der Waals surface area contributed by atoms with Gasteiger partial charge in [-0.3, -0.25) is 4.90 Å². The summed E-state index contributed by atoms with van der Waals surface area (Å²) >= 11 is 0.